The minimum absolute atomic E-state index is 0.363. The van der Waals surface area contributed by atoms with Crippen molar-refractivity contribution < 1.29 is 4.79 Å². The van der Waals surface area contributed by atoms with E-state index < -0.39 is 0 Å². The van der Waals surface area contributed by atoms with Crippen LogP contribution in [0.4, 0.5) is 0 Å². The standard InChI is InChI=1S/C7H16N2.C7H14.CHNO/c1-6-4-2-3-5-7(6,8)9;1-7-5-3-2-4-6-7;2-1-3/h6H,2-5,8-9H2,1H3;7H,2-6H2,1H3;2H. The summed E-state index contributed by atoms with van der Waals surface area (Å²) in [6.07, 6.45) is 12.9. The Morgan fingerprint density at radius 3 is 1.74 bits per heavy atom. The maximum Gasteiger partial charge on any atom is 0.231 e. The Balaban J connectivity index is 0.000000289. The van der Waals surface area contributed by atoms with Crippen molar-refractivity contribution in [3.05, 3.63) is 0 Å². The van der Waals surface area contributed by atoms with E-state index in [2.05, 4.69) is 13.8 Å². The van der Waals surface area contributed by atoms with Gasteiger partial charge in [-0.05, 0) is 24.7 Å². The van der Waals surface area contributed by atoms with Crippen molar-refractivity contribution >= 4 is 6.08 Å². The van der Waals surface area contributed by atoms with Crippen molar-refractivity contribution in [2.45, 2.75) is 77.3 Å². The SMILES string of the molecule is CC1CCCCC1.CC1CCCCC1(N)N.N=C=O. The summed E-state index contributed by atoms with van der Waals surface area (Å²) >= 11 is 0. The van der Waals surface area contributed by atoms with Gasteiger partial charge in [0.1, 0.15) is 0 Å². The molecular formula is C15H31N3O. The largest absolute Gasteiger partial charge is 0.313 e. The smallest absolute Gasteiger partial charge is 0.231 e. The Hall–Kier alpha value is -0.700. The van der Waals surface area contributed by atoms with Crippen LogP contribution in [0.25, 0.3) is 0 Å². The number of hydrogen-bond acceptors (Lipinski definition) is 4. The molecule has 0 heterocycles. The van der Waals surface area contributed by atoms with E-state index in [4.69, 9.17) is 21.7 Å². The molecule has 0 amide bonds. The van der Waals surface area contributed by atoms with Crippen LogP contribution < -0.4 is 11.5 Å². The van der Waals surface area contributed by atoms with Gasteiger partial charge in [0.15, 0.2) is 0 Å². The zero-order valence-electron chi connectivity index (χ0n) is 12.6. The highest BCUT2D eigenvalue weighted by Gasteiger charge is 2.29. The topological polar surface area (TPSA) is 93.0 Å². The van der Waals surface area contributed by atoms with Gasteiger partial charge in [0.2, 0.25) is 6.08 Å². The molecule has 0 bridgehead atoms. The van der Waals surface area contributed by atoms with Gasteiger partial charge in [-0.25, -0.2) is 10.2 Å². The molecule has 112 valence electrons. The van der Waals surface area contributed by atoms with E-state index >= 15 is 0 Å². The lowest BCUT2D eigenvalue weighted by atomic mass is 9.81. The molecule has 0 aliphatic heterocycles. The van der Waals surface area contributed by atoms with Gasteiger partial charge >= 0.3 is 0 Å². The number of rotatable bonds is 0. The molecule has 0 aromatic rings. The molecule has 1 atom stereocenters. The zero-order chi connectivity index (χ0) is 14.7. The number of isocyanates is 1. The summed E-state index contributed by atoms with van der Waals surface area (Å²) in [6, 6.07) is 0. The van der Waals surface area contributed by atoms with E-state index in [1.54, 1.807) is 0 Å². The van der Waals surface area contributed by atoms with Crippen molar-refractivity contribution in [3.8, 4) is 0 Å². The lowest BCUT2D eigenvalue weighted by molar-refractivity contribution is 0.212. The van der Waals surface area contributed by atoms with Crippen LogP contribution in [-0.4, -0.2) is 11.7 Å². The summed E-state index contributed by atoms with van der Waals surface area (Å²) in [4.78, 5) is 8.35. The minimum Gasteiger partial charge on any atom is -0.313 e. The number of nitrogens with two attached hydrogens (primary N) is 2. The van der Waals surface area contributed by atoms with E-state index in [1.165, 1.54) is 51.4 Å². The first kappa shape index (κ1) is 18.3. The number of hydrogen-bond donors (Lipinski definition) is 3. The highest BCUT2D eigenvalue weighted by molar-refractivity contribution is 5.26. The van der Waals surface area contributed by atoms with Gasteiger partial charge in [-0.1, -0.05) is 58.8 Å². The summed E-state index contributed by atoms with van der Waals surface area (Å²) in [7, 11) is 0. The molecule has 2 rings (SSSR count). The first-order chi connectivity index (χ1) is 8.94. The average Bonchev–Trinajstić information content (AvgIpc) is 2.36. The number of nitrogens with one attached hydrogen (secondary N) is 1. The van der Waals surface area contributed by atoms with Crippen LogP contribution in [0.3, 0.4) is 0 Å². The van der Waals surface area contributed by atoms with Crippen molar-refractivity contribution in [1.82, 2.24) is 0 Å². The van der Waals surface area contributed by atoms with E-state index in [-0.39, 0.29) is 5.66 Å². The first-order valence-electron chi connectivity index (χ1n) is 7.55. The van der Waals surface area contributed by atoms with Gasteiger partial charge in [0.05, 0.1) is 5.66 Å². The summed E-state index contributed by atoms with van der Waals surface area (Å²) in [6.45, 7) is 4.50. The fourth-order valence-corrected chi connectivity index (χ4v) is 2.70. The summed E-state index contributed by atoms with van der Waals surface area (Å²) in [5, 5.41) is 5.40. The molecule has 0 saturated heterocycles. The Bertz CT molecular complexity index is 254. The summed E-state index contributed by atoms with van der Waals surface area (Å²) < 4.78 is 0. The molecule has 2 fully saturated rings. The lowest BCUT2D eigenvalue weighted by Gasteiger charge is -2.35. The third-order valence-corrected chi connectivity index (χ3v) is 4.31. The Kier molecular flexibility index (Phi) is 9.76. The van der Waals surface area contributed by atoms with E-state index in [0.29, 0.717) is 5.92 Å². The van der Waals surface area contributed by atoms with Gasteiger partial charge in [0.25, 0.3) is 0 Å². The Morgan fingerprint density at radius 1 is 1.00 bits per heavy atom. The van der Waals surface area contributed by atoms with Gasteiger partial charge in [-0.2, -0.15) is 0 Å². The van der Waals surface area contributed by atoms with Crippen LogP contribution in [0.5, 0.6) is 0 Å². The molecule has 0 aromatic carbocycles. The quantitative estimate of drug-likeness (QED) is 0.358. The van der Waals surface area contributed by atoms with Crippen molar-refractivity contribution in [3.63, 3.8) is 0 Å². The molecule has 0 spiro atoms. The zero-order valence-corrected chi connectivity index (χ0v) is 12.6. The fraction of sp³-hybridized carbons (Fsp3) is 0.933. The summed E-state index contributed by atoms with van der Waals surface area (Å²) in [5.74, 6) is 1.54. The summed E-state index contributed by atoms with van der Waals surface area (Å²) in [5.41, 5.74) is 11.2. The first-order valence-corrected chi connectivity index (χ1v) is 7.55. The van der Waals surface area contributed by atoms with Gasteiger partial charge in [-0.15, -0.1) is 0 Å². The van der Waals surface area contributed by atoms with Crippen LogP contribution in [0, 0.1) is 17.2 Å². The Labute approximate surface area is 117 Å². The van der Waals surface area contributed by atoms with E-state index in [9.17, 15) is 0 Å². The van der Waals surface area contributed by atoms with Crippen LogP contribution in [0.2, 0.25) is 0 Å². The minimum atomic E-state index is -0.363. The molecule has 19 heavy (non-hydrogen) atoms. The molecule has 4 nitrogen and oxygen atoms in total. The van der Waals surface area contributed by atoms with Crippen LogP contribution >= 0.6 is 0 Å². The van der Waals surface area contributed by atoms with Crippen LogP contribution in [-0.2, 0) is 4.79 Å². The monoisotopic (exact) mass is 269 g/mol. The normalized spacial score (nSPS) is 26.0. The third kappa shape index (κ3) is 8.93. The van der Waals surface area contributed by atoms with Gasteiger partial charge in [0, 0.05) is 0 Å². The van der Waals surface area contributed by atoms with Gasteiger partial charge < -0.3 is 11.5 Å². The molecule has 1 unspecified atom stereocenters. The molecule has 5 N–H and O–H groups in total. The molecule has 4 heteroatoms. The van der Waals surface area contributed by atoms with Crippen molar-refractivity contribution in [1.29, 1.82) is 5.41 Å². The average molecular weight is 269 g/mol. The maximum absolute atomic E-state index is 8.35. The van der Waals surface area contributed by atoms with Crippen molar-refractivity contribution in [2.24, 2.45) is 23.3 Å². The highest BCUT2D eigenvalue weighted by atomic mass is 16.1. The second-order valence-corrected chi connectivity index (χ2v) is 6.10. The molecular weight excluding hydrogens is 238 g/mol. The molecule has 0 radical (unpaired) electrons. The maximum atomic E-state index is 8.35. The molecule has 2 saturated carbocycles. The predicted octanol–water partition coefficient (Wildman–Crippen LogP) is 3.30. The Morgan fingerprint density at radius 2 is 1.47 bits per heavy atom. The molecule has 2 aliphatic carbocycles. The number of carbonyl (C=O) groups excluding carboxylic acids is 1. The third-order valence-electron chi connectivity index (χ3n) is 4.31. The predicted molar refractivity (Wildman–Crippen MR) is 79.4 cm³/mol. The second kappa shape index (κ2) is 10.1. The van der Waals surface area contributed by atoms with Crippen LogP contribution in [0.1, 0.15) is 71.6 Å². The van der Waals surface area contributed by atoms with E-state index in [0.717, 1.165) is 18.4 Å². The lowest BCUT2D eigenvalue weighted by Crippen LogP contribution is -2.56. The fourth-order valence-electron chi connectivity index (χ4n) is 2.70. The molecule has 0 aromatic heterocycles. The van der Waals surface area contributed by atoms with Crippen molar-refractivity contribution in [2.75, 3.05) is 0 Å². The van der Waals surface area contributed by atoms with Gasteiger partial charge in [-0.3, -0.25) is 0 Å². The molecule has 2 aliphatic rings. The second-order valence-electron chi connectivity index (χ2n) is 6.10. The van der Waals surface area contributed by atoms with E-state index in [1.807, 2.05) is 0 Å². The van der Waals surface area contributed by atoms with Crippen LogP contribution in [0.15, 0.2) is 0 Å². The highest BCUT2D eigenvalue weighted by Crippen LogP contribution is 2.27.